The topological polar surface area (TPSA) is 118 Å². The largest absolute Gasteiger partial charge is 0.388 e. The molecule has 0 saturated carbocycles. The Hall–Kier alpha value is -1.81. The number of anilines is 1. The summed E-state index contributed by atoms with van der Waals surface area (Å²) in [7, 11) is -1.62. The molecular weight excluding hydrogens is 420 g/mol. The second kappa shape index (κ2) is 9.13. The minimum Gasteiger partial charge on any atom is -0.388 e. The van der Waals surface area contributed by atoms with E-state index in [9.17, 15) is 14.1 Å². The lowest BCUT2D eigenvalue weighted by Crippen LogP contribution is -2.17. The number of nitrogens with two attached hydrogens (primary N) is 1. The zero-order valence-corrected chi connectivity index (χ0v) is 20.3. The minimum atomic E-state index is -3.49. The first-order chi connectivity index (χ1) is 13.8. The van der Waals surface area contributed by atoms with Crippen LogP contribution in [0.4, 0.5) is 5.69 Å². The van der Waals surface area contributed by atoms with E-state index in [0.717, 1.165) is 33.7 Å². The molecule has 0 aliphatic rings. The summed E-state index contributed by atoms with van der Waals surface area (Å²) in [6.07, 6.45) is 1.43. The highest BCUT2D eigenvalue weighted by molar-refractivity contribution is 7.93. The molecule has 2 rings (SSSR count). The van der Waals surface area contributed by atoms with Crippen molar-refractivity contribution in [2.75, 3.05) is 12.4 Å². The number of amides is 1. The predicted octanol–water partition coefficient (Wildman–Crippen LogP) is 4.13. The van der Waals surface area contributed by atoms with Gasteiger partial charge in [0, 0.05) is 18.9 Å². The van der Waals surface area contributed by atoms with Gasteiger partial charge in [-0.2, -0.15) is 0 Å². The van der Waals surface area contributed by atoms with E-state index in [1.807, 2.05) is 19.2 Å². The van der Waals surface area contributed by atoms with E-state index in [2.05, 4.69) is 42.4 Å². The van der Waals surface area contributed by atoms with E-state index in [-0.39, 0.29) is 22.6 Å². The van der Waals surface area contributed by atoms with Crippen LogP contribution in [-0.2, 0) is 26.7 Å². The second-order valence-corrected chi connectivity index (χ2v) is 11.5. The van der Waals surface area contributed by atoms with Crippen LogP contribution in [0.3, 0.4) is 0 Å². The van der Waals surface area contributed by atoms with Gasteiger partial charge in [-0.25, -0.2) is 14.3 Å². The van der Waals surface area contributed by atoms with Crippen molar-refractivity contribution in [2.24, 2.45) is 9.50 Å². The van der Waals surface area contributed by atoms with E-state index in [1.54, 1.807) is 13.8 Å². The number of rotatable bonds is 7. The molecule has 2 aromatic rings. The summed E-state index contributed by atoms with van der Waals surface area (Å²) in [4.78, 5) is 17.3. The zero-order chi connectivity index (χ0) is 22.9. The van der Waals surface area contributed by atoms with Gasteiger partial charge in [0.1, 0.15) is 0 Å². The smallest absolute Gasteiger partial charge is 0.259 e. The lowest BCUT2D eigenvalue weighted by molar-refractivity contribution is -0.117. The second-order valence-electron chi connectivity index (χ2n) is 8.47. The molecule has 0 spiro atoms. The van der Waals surface area contributed by atoms with Crippen LogP contribution in [0.2, 0.25) is 0 Å². The summed E-state index contributed by atoms with van der Waals surface area (Å²) in [6.45, 7) is 11.5. The number of benzene rings is 1. The first-order valence-corrected chi connectivity index (χ1v) is 12.3. The Balaban J connectivity index is 2.46. The molecular formula is C21H32N4O3S2. The Morgan fingerprint density at radius 3 is 2.20 bits per heavy atom. The maximum atomic E-state index is 12.9. The van der Waals surface area contributed by atoms with Crippen LogP contribution in [0.5, 0.6) is 0 Å². The van der Waals surface area contributed by atoms with Crippen LogP contribution in [0.15, 0.2) is 27.0 Å². The Bertz CT molecular complexity index is 1010. The molecule has 1 atom stereocenters. The monoisotopic (exact) mass is 452 g/mol. The third kappa shape index (κ3) is 5.66. The van der Waals surface area contributed by atoms with Gasteiger partial charge >= 0.3 is 0 Å². The maximum Gasteiger partial charge on any atom is 0.259 e. The highest BCUT2D eigenvalue weighted by atomic mass is 32.2. The number of nitrogens with zero attached hydrogens (tertiary/aromatic N) is 2. The van der Waals surface area contributed by atoms with Gasteiger partial charge in [-0.05, 0) is 54.5 Å². The van der Waals surface area contributed by atoms with Crippen LogP contribution in [0, 0.1) is 0 Å². The van der Waals surface area contributed by atoms with Crippen LogP contribution in [0.1, 0.15) is 74.9 Å². The molecule has 0 bridgehead atoms. The molecule has 1 amide bonds. The number of thiazole rings is 1. The third-order valence-corrected chi connectivity index (χ3v) is 7.91. The molecule has 30 heavy (non-hydrogen) atoms. The van der Waals surface area contributed by atoms with E-state index >= 15 is 0 Å². The summed E-state index contributed by atoms with van der Waals surface area (Å²) in [5.41, 5.74) is 2.86. The number of aromatic nitrogens is 1. The zero-order valence-electron chi connectivity index (χ0n) is 18.6. The van der Waals surface area contributed by atoms with Gasteiger partial charge < -0.3 is 10.4 Å². The molecule has 1 aromatic carbocycles. The summed E-state index contributed by atoms with van der Waals surface area (Å²) in [5, 5.41) is 19.1. The van der Waals surface area contributed by atoms with Crippen molar-refractivity contribution >= 4 is 32.8 Å². The van der Waals surface area contributed by atoms with E-state index in [0.29, 0.717) is 4.88 Å². The summed E-state index contributed by atoms with van der Waals surface area (Å²) < 4.78 is 16.8. The maximum absolute atomic E-state index is 12.9. The van der Waals surface area contributed by atoms with Crippen molar-refractivity contribution in [3.8, 4) is 0 Å². The Morgan fingerprint density at radius 1 is 1.27 bits per heavy atom. The third-order valence-electron chi connectivity index (χ3n) is 4.75. The molecule has 0 aliphatic carbocycles. The molecule has 0 fully saturated rings. The van der Waals surface area contributed by atoms with Gasteiger partial charge in [-0.1, -0.05) is 27.7 Å². The van der Waals surface area contributed by atoms with Crippen LogP contribution in [-0.4, -0.2) is 27.3 Å². The van der Waals surface area contributed by atoms with Gasteiger partial charge in [-0.3, -0.25) is 4.79 Å². The van der Waals surface area contributed by atoms with Gasteiger partial charge in [0.2, 0.25) is 4.34 Å². The number of carbonyl (C=O) groups excluding carboxylic acids is 1. The number of nitrogens with one attached hydrogen (secondary N) is 1. The molecule has 1 heterocycles. The molecule has 4 N–H and O–H groups in total. The van der Waals surface area contributed by atoms with Gasteiger partial charge in [0.05, 0.1) is 16.9 Å². The minimum absolute atomic E-state index is 0.0168. The molecule has 0 aliphatic heterocycles. The Kier molecular flexibility index (Phi) is 7.45. The van der Waals surface area contributed by atoms with E-state index in [1.165, 1.54) is 6.20 Å². The molecule has 9 heteroatoms. The van der Waals surface area contributed by atoms with Crippen molar-refractivity contribution in [1.82, 2.24) is 4.98 Å². The normalized spacial score (nSPS) is 14.1. The lowest BCUT2D eigenvalue weighted by Gasteiger charge is -2.21. The Morgan fingerprint density at radius 2 is 1.80 bits per heavy atom. The fourth-order valence-electron chi connectivity index (χ4n) is 3.15. The van der Waals surface area contributed by atoms with Crippen LogP contribution >= 0.6 is 11.3 Å². The Labute approximate surface area is 183 Å². The van der Waals surface area contributed by atoms with Gasteiger partial charge in [-0.15, -0.1) is 15.7 Å². The quantitative estimate of drug-likeness (QED) is 0.584. The molecule has 1 unspecified atom stereocenters. The fraction of sp³-hybridized carbons (Fsp3) is 0.524. The highest BCUT2D eigenvalue weighted by Crippen LogP contribution is 2.32. The predicted molar refractivity (Wildman–Crippen MR) is 123 cm³/mol. The van der Waals surface area contributed by atoms with E-state index < -0.39 is 21.4 Å². The van der Waals surface area contributed by atoms with Crippen LogP contribution < -0.4 is 10.5 Å². The number of aliphatic hydroxyl groups is 1. The van der Waals surface area contributed by atoms with E-state index in [4.69, 9.17) is 5.14 Å². The molecule has 166 valence electrons. The molecule has 0 saturated heterocycles. The molecule has 1 aromatic heterocycles. The highest BCUT2D eigenvalue weighted by Gasteiger charge is 2.24. The van der Waals surface area contributed by atoms with Crippen molar-refractivity contribution in [2.45, 2.75) is 69.7 Å². The number of carbonyl (C=O) groups is 1. The molecule has 0 radical (unpaired) electrons. The average Bonchev–Trinajstić information content (AvgIpc) is 3.12. The molecule has 7 nitrogen and oxygen atoms in total. The number of hydrogen-bond donors (Lipinski definition) is 3. The van der Waals surface area contributed by atoms with Crippen molar-refractivity contribution in [1.29, 1.82) is 0 Å². The standard InChI is InChI=1S/C21H32N4O3S2/c1-12(2)15-8-14(23-7)9-16(13(3)4)17(15)10-19(26)25-30(22,28)20-24-11-18(29-20)21(5,6)27/h8-9,11-13,23,27H,10H2,1-7H3,(H2,22,25,26,28). The SMILES string of the molecule is CNc1cc(C(C)C)c(CC(=O)N=S(N)(=O)c2ncc(C(C)(C)O)s2)c(C(C)C)c1. The van der Waals surface area contributed by atoms with Crippen molar-refractivity contribution < 1.29 is 14.1 Å². The average molecular weight is 453 g/mol. The van der Waals surface area contributed by atoms with Crippen molar-refractivity contribution in [3.05, 3.63) is 39.9 Å². The first kappa shape index (κ1) is 24.5. The van der Waals surface area contributed by atoms with Crippen LogP contribution in [0.25, 0.3) is 0 Å². The summed E-state index contributed by atoms with van der Waals surface area (Å²) in [5.74, 6) is -0.146. The van der Waals surface area contributed by atoms with Gasteiger partial charge in [0.15, 0.2) is 9.92 Å². The lowest BCUT2D eigenvalue weighted by atomic mass is 9.86. The van der Waals surface area contributed by atoms with Gasteiger partial charge in [0.25, 0.3) is 5.91 Å². The number of hydrogen-bond acceptors (Lipinski definition) is 6. The summed E-state index contributed by atoms with van der Waals surface area (Å²) in [6, 6.07) is 4.07. The first-order valence-electron chi connectivity index (χ1n) is 9.87. The summed E-state index contributed by atoms with van der Waals surface area (Å²) >= 11 is 1.00. The van der Waals surface area contributed by atoms with Crippen molar-refractivity contribution in [3.63, 3.8) is 0 Å². The fourth-order valence-corrected chi connectivity index (χ4v) is 5.30.